The molecule has 3 aromatic carbocycles. The molecule has 194 valence electrons. The summed E-state index contributed by atoms with van der Waals surface area (Å²) in [5.41, 5.74) is 2.16. The van der Waals surface area contributed by atoms with Gasteiger partial charge in [0, 0.05) is 17.6 Å². The largest absolute Gasteiger partial charge is 0.497 e. The zero-order chi connectivity index (χ0) is 26.4. The zero-order valence-corrected chi connectivity index (χ0v) is 22.4. The van der Waals surface area contributed by atoms with Crippen LogP contribution in [0.2, 0.25) is 0 Å². The lowest BCUT2D eigenvalue weighted by molar-refractivity contribution is 0.0951. The van der Waals surface area contributed by atoms with Crippen LogP contribution < -0.4 is 24.8 Å². The number of methoxy groups -OCH3 is 1. The molecule has 3 N–H and O–H groups in total. The van der Waals surface area contributed by atoms with E-state index in [0.717, 1.165) is 41.7 Å². The molecule has 8 heteroatoms. The van der Waals surface area contributed by atoms with Gasteiger partial charge >= 0.3 is 6.03 Å². The van der Waals surface area contributed by atoms with Crippen LogP contribution in [-0.4, -0.2) is 31.1 Å². The fraction of sp³-hybridized carbons (Fsp3) is 0.310. The number of carbonyl (C=O) groups is 2. The molecule has 0 radical (unpaired) electrons. The smallest absolute Gasteiger partial charge is 0.325 e. The van der Waals surface area contributed by atoms with Crippen molar-refractivity contribution >= 4 is 23.9 Å². The molecule has 3 aromatic rings. The van der Waals surface area contributed by atoms with Crippen LogP contribution in [0, 0.1) is 5.92 Å². The number of benzene rings is 3. The third-order valence-corrected chi connectivity index (χ3v) is 6.51. The minimum Gasteiger partial charge on any atom is -0.497 e. The molecule has 1 saturated carbocycles. The third kappa shape index (κ3) is 7.92. The summed E-state index contributed by atoms with van der Waals surface area (Å²) in [5.74, 6) is 2.41. The number of rotatable bonds is 9. The van der Waals surface area contributed by atoms with Gasteiger partial charge in [-0.3, -0.25) is 9.52 Å². The lowest BCUT2D eigenvalue weighted by atomic mass is 10.1. The summed E-state index contributed by atoms with van der Waals surface area (Å²) >= 11 is 1.11. The van der Waals surface area contributed by atoms with Gasteiger partial charge in [0.15, 0.2) is 0 Å². The number of carbonyl (C=O) groups excluding carboxylic acids is 2. The second-order valence-electron chi connectivity index (χ2n) is 10.1. The molecule has 0 saturated heterocycles. The highest BCUT2D eigenvalue weighted by atomic mass is 32.2. The fourth-order valence-electron chi connectivity index (χ4n) is 3.59. The monoisotopic (exact) mass is 519 g/mol. The summed E-state index contributed by atoms with van der Waals surface area (Å²) in [4.78, 5) is 25.7. The van der Waals surface area contributed by atoms with E-state index in [1.807, 2.05) is 69.3 Å². The van der Waals surface area contributed by atoms with Gasteiger partial charge in [-0.25, -0.2) is 4.79 Å². The van der Waals surface area contributed by atoms with Crippen molar-refractivity contribution in [3.05, 3.63) is 72.3 Å². The van der Waals surface area contributed by atoms with Crippen LogP contribution in [0.25, 0.3) is 11.1 Å². The van der Waals surface area contributed by atoms with E-state index in [-0.39, 0.29) is 17.5 Å². The Kier molecular flexibility index (Phi) is 8.28. The van der Waals surface area contributed by atoms with E-state index < -0.39 is 0 Å². The molecule has 0 heterocycles. The Balaban J connectivity index is 1.54. The average Bonchev–Trinajstić information content (AvgIpc) is 3.70. The average molecular weight is 520 g/mol. The first kappa shape index (κ1) is 26.4. The highest BCUT2D eigenvalue weighted by Gasteiger charge is 2.22. The van der Waals surface area contributed by atoms with Gasteiger partial charge in [0.05, 0.1) is 12.0 Å². The summed E-state index contributed by atoms with van der Waals surface area (Å²) < 4.78 is 14.3. The molecule has 0 spiro atoms. The van der Waals surface area contributed by atoms with Crippen molar-refractivity contribution in [2.45, 2.75) is 44.0 Å². The molecule has 37 heavy (non-hydrogen) atoms. The zero-order valence-electron chi connectivity index (χ0n) is 21.6. The van der Waals surface area contributed by atoms with Crippen LogP contribution in [-0.2, 0) is 0 Å². The van der Waals surface area contributed by atoms with Crippen molar-refractivity contribution in [3.63, 3.8) is 0 Å². The Bertz CT molecular complexity index is 1250. The number of hydrogen-bond donors (Lipinski definition) is 3. The molecule has 3 amide bonds. The molecule has 7 nitrogen and oxygen atoms in total. The molecular formula is C29H33N3O4S. The third-order valence-electron chi connectivity index (χ3n) is 5.68. The lowest BCUT2D eigenvalue weighted by Gasteiger charge is -2.20. The number of ether oxygens (including phenoxy) is 2. The molecule has 0 unspecified atom stereocenters. The van der Waals surface area contributed by atoms with Crippen molar-refractivity contribution in [1.82, 2.24) is 15.4 Å². The Labute approximate surface area is 222 Å². The van der Waals surface area contributed by atoms with Crippen LogP contribution in [0.5, 0.6) is 17.2 Å². The highest BCUT2D eigenvalue weighted by molar-refractivity contribution is 7.98. The van der Waals surface area contributed by atoms with Crippen molar-refractivity contribution < 1.29 is 19.1 Å². The first-order valence-corrected chi connectivity index (χ1v) is 13.1. The topological polar surface area (TPSA) is 88.7 Å². The Morgan fingerprint density at radius 3 is 2.38 bits per heavy atom. The van der Waals surface area contributed by atoms with E-state index in [1.165, 1.54) is 0 Å². The first-order chi connectivity index (χ1) is 17.7. The van der Waals surface area contributed by atoms with Crippen LogP contribution in [0.4, 0.5) is 4.79 Å². The van der Waals surface area contributed by atoms with Gasteiger partial charge < -0.3 is 20.1 Å². The first-order valence-electron chi connectivity index (χ1n) is 12.3. The normalized spacial score (nSPS) is 13.0. The van der Waals surface area contributed by atoms with Crippen LogP contribution in [0.15, 0.2) is 71.6 Å². The van der Waals surface area contributed by atoms with Gasteiger partial charge in [-0.15, -0.1) is 0 Å². The van der Waals surface area contributed by atoms with Crippen molar-refractivity contribution in [1.29, 1.82) is 0 Å². The summed E-state index contributed by atoms with van der Waals surface area (Å²) in [5, 5.41) is 5.86. The second kappa shape index (κ2) is 11.6. The van der Waals surface area contributed by atoms with E-state index in [2.05, 4.69) is 15.4 Å². The SMILES string of the molecule is COc1ccc(-c2cccc(Oc3ccc(C(=O)NCC4CC4)cc3SNC(=O)NC(C)(C)C)c2)cc1. The van der Waals surface area contributed by atoms with E-state index in [0.29, 0.717) is 34.4 Å². The minimum atomic E-state index is -0.379. The number of nitrogens with one attached hydrogen (secondary N) is 3. The maximum absolute atomic E-state index is 12.7. The summed E-state index contributed by atoms with van der Waals surface area (Å²) in [6.45, 7) is 6.41. The van der Waals surface area contributed by atoms with E-state index >= 15 is 0 Å². The maximum atomic E-state index is 12.7. The van der Waals surface area contributed by atoms with E-state index in [4.69, 9.17) is 9.47 Å². The van der Waals surface area contributed by atoms with Gasteiger partial charge in [-0.1, -0.05) is 24.3 Å². The quantitative estimate of drug-likeness (QED) is 0.285. The summed E-state index contributed by atoms with van der Waals surface area (Å²) in [6.07, 6.45) is 2.33. The van der Waals surface area contributed by atoms with Crippen molar-refractivity contribution in [2.75, 3.05) is 13.7 Å². The number of amides is 3. The minimum absolute atomic E-state index is 0.138. The molecule has 0 aromatic heterocycles. The van der Waals surface area contributed by atoms with Gasteiger partial charge in [-0.05, 0) is 105 Å². The summed E-state index contributed by atoms with van der Waals surface area (Å²) in [7, 11) is 1.64. The standard InChI is InChI=1S/C29H33N3O4S/c1-29(2,3)31-28(34)32-37-26-17-22(27(33)30-18-19-8-9-19)12-15-25(26)36-24-7-5-6-21(16-24)20-10-13-23(35-4)14-11-20/h5-7,10-17,19H,8-9,18H2,1-4H3,(H,30,33)(H2,31,32,34). The predicted octanol–water partition coefficient (Wildman–Crippen LogP) is 6.40. The van der Waals surface area contributed by atoms with Gasteiger partial charge in [0.25, 0.3) is 5.91 Å². The Morgan fingerprint density at radius 1 is 0.946 bits per heavy atom. The van der Waals surface area contributed by atoms with Gasteiger partial charge in [-0.2, -0.15) is 0 Å². The van der Waals surface area contributed by atoms with Gasteiger partial charge in [0.1, 0.15) is 17.2 Å². The number of hydrogen-bond acceptors (Lipinski definition) is 5. The van der Waals surface area contributed by atoms with Crippen LogP contribution >= 0.6 is 11.9 Å². The number of urea groups is 1. The Hall–Kier alpha value is -3.65. The molecule has 1 aliphatic rings. The molecule has 1 aliphatic carbocycles. The second-order valence-corrected chi connectivity index (χ2v) is 10.9. The molecule has 0 bridgehead atoms. The molecule has 1 fully saturated rings. The molecule has 0 aliphatic heterocycles. The van der Waals surface area contributed by atoms with Crippen LogP contribution in [0.3, 0.4) is 0 Å². The predicted molar refractivity (Wildman–Crippen MR) is 147 cm³/mol. The van der Waals surface area contributed by atoms with Crippen molar-refractivity contribution in [2.24, 2.45) is 5.92 Å². The van der Waals surface area contributed by atoms with E-state index in [1.54, 1.807) is 25.3 Å². The highest BCUT2D eigenvalue weighted by Crippen LogP contribution is 2.34. The lowest BCUT2D eigenvalue weighted by Crippen LogP contribution is -2.44. The fourth-order valence-corrected chi connectivity index (χ4v) is 4.24. The molecule has 0 atom stereocenters. The van der Waals surface area contributed by atoms with Crippen molar-refractivity contribution in [3.8, 4) is 28.4 Å². The Morgan fingerprint density at radius 2 is 1.70 bits per heavy atom. The molecular weight excluding hydrogens is 486 g/mol. The van der Waals surface area contributed by atoms with E-state index in [9.17, 15) is 9.59 Å². The summed E-state index contributed by atoms with van der Waals surface area (Å²) in [6, 6.07) is 20.5. The van der Waals surface area contributed by atoms with Gasteiger partial charge in [0.2, 0.25) is 0 Å². The maximum Gasteiger partial charge on any atom is 0.325 e. The van der Waals surface area contributed by atoms with Crippen LogP contribution in [0.1, 0.15) is 44.0 Å². The molecule has 4 rings (SSSR count).